The van der Waals surface area contributed by atoms with Crippen molar-refractivity contribution in [3.8, 4) is 0 Å². The number of benzene rings is 3. The molecule has 8 N–H and O–H groups in total. The van der Waals surface area contributed by atoms with Crippen molar-refractivity contribution in [3.63, 3.8) is 0 Å². The van der Waals surface area contributed by atoms with E-state index in [1.807, 2.05) is 0 Å². The van der Waals surface area contributed by atoms with Crippen molar-refractivity contribution in [1.82, 2.24) is 52.3 Å². The Morgan fingerprint density at radius 3 is 1.38 bits per heavy atom. The maximum atomic E-state index is 14.9. The van der Waals surface area contributed by atoms with Gasteiger partial charge < -0.3 is 52.3 Å². The second-order valence-electron chi connectivity index (χ2n) is 23.8. The predicted molar refractivity (Wildman–Crippen MR) is 304 cm³/mol. The highest BCUT2D eigenvalue weighted by Gasteiger charge is 2.47. The van der Waals surface area contributed by atoms with E-state index in [0.717, 1.165) is 100 Å². The van der Waals surface area contributed by atoms with Crippen LogP contribution in [0.4, 0.5) is 8.78 Å². The number of aryl methyl sites for hydroxylation is 2. The van der Waals surface area contributed by atoms with Gasteiger partial charge in [-0.25, -0.2) is 8.78 Å². The molecule has 0 unspecified atom stereocenters. The monoisotopic (exact) mass is 1130 g/mol. The van der Waals surface area contributed by atoms with Crippen molar-refractivity contribution in [2.24, 2.45) is 11.8 Å². The summed E-state index contributed by atoms with van der Waals surface area (Å²) in [6.07, 6.45) is 12.8. The molecular formula is C62H82F2N10O8. The molecule has 4 fully saturated rings. The number of likely N-dealkylation sites (N-methyl/N-ethyl adjacent to an activating group) is 2. The number of amides is 8. The number of nitrogens with one attached hydrogen (secondary N) is 8. The van der Waals surface area contributed by atoms with Gasteiger partial charge in [-0.2, -0.15) is 0 Å². The van der Waals surface area contributed by atoms with Crippen LogP contribution in [0, 0.1) is 23.5 Å². The SMILES string of the molecule is CN[C@@H](C)C(=O)N[C@H](C(=O)N1C[C@@H](NC(=O)c2ccc(C(=O)N[C@H]3C[C@@H](C(=O)N[C@@H]4CCCc5ccc(F)cc54)N(C(=O)[C@@H](NC(=O)[C@H](C)NC)C4CCCCC4)C3)cc2)C[C@H]1C(=O)N[C@@H]1CCCc2cc(F)ccc21)C1CCCCC1. The largest absolute Gasteiger partial charge is 0.347 e. The molecular weight excluding hydrogens is 1050 g/mol. The van der Waals surface area contributed by atoms with Gasteiger partial charge in [0.05, 0.1) is 24.2 Å². The molecule has 2 saturated heterocycles. The van der Waals surface area contributed by atoms with Crippen molar-refractivity contribution in [1.29, 1.82) is 0 Å². The van der Waals surface area contributed by atoms with Crippen LogP contribution in [0.1, 0.15) is 172 Å². The summed E-state index contributed by atoms with van der Waals surface area (Å²) in [5.41, 5.74) is 3.70. The molecule has 0 bridgehead atoms. The number of carbonyl (C=O) groups is 8. The number of fused-ring (bicyclic) bond motifs is 2. The minimum absolute atomic E-state index is 0.00838. The lowest BCUT2D eigenvalue weighted by atomic mass is 9.83. The first-order valence-corrected chi connectivity index (χ1v) is 30.0. The van der Waals surface area contributed by atoms with E-state index in [1.54, 1.807) is 40.1 Å². The molecule has 2 heterocycles. The van der Waals surface area contributed by atoms with Gasteiger partial charge in [0.15, 0.2) is 0 Å². The first kappa shape index (κ1) is 59.8. The van der Waals surface area contributed by atoms with Gasteiger partial charge in [-0.1, -0.05) is 50.7 Å². The molecule has 0 aromatic heterocycles. The van der Waals surface area contributed by atoms with E-state index < -0.39 is 102 Å². The molecule has 3 aromatic rings. The van der Waals surface area contributed by atoms with Gasteiger partial charge in [0.1, 0.15) is 35.8 Å². The van der Waals surface area contributed by atoms with Crippen LogP contribution in [0.5, 0.6) is 0 Å². The maximum Gasteiger partial charge on any atom is 0.251 e. The number of halogens is 2. The smallest absolute Gasteiger partial charge is 0.251 e. The minimum atomic E-state index is -1.02. The maximum absolute atomic E-state index is 14.9. The van der Waals surface area contributed by atoms with Crippen LogP contribution in [0.25, 0.3) is 0 Å². The molecule has 9 rings (SSSR count). The Morgan fingerprint density at radius 1 is 0.488 bits per heavy atom. The van der Waals surface area contributed by atoms with Crippen LogP contribution in [0.3, 0.4) is 0 Å². The van der Waals surface area contributed by atoms with E-state index >= 15 is 0 Å². The molecule has 4 aliphatic carbocycles. The predicted octanol–water partition coefficient (Wildman–Crippen LogP) is 5.10. The molecule has 3 aromatic carbocycles. The van der Waals surface area contributed by atoms with E-state index in [1.165, 1.54) is 58.3 Å². The zero-order chi connectivity index (χ0) is 58.2. The lowest BCUT2D eigenvalue weighted by Crippen LogP contribution is -2.58. The van der Waals surface area contributed by atoms with E-state index in [2.05, 4.69) is 42.5 Å². The van der Waals surface area contributed by atoms with E-state index in [-0.39, 0.29) is 66.5 Å². The molecule has 2 aliphatic heterocycles. The molecule has 0 radical (unpaired) electrons. The fourth-order valence-corrected chi connectivity index (χ4v) is 13.4. The topological polar surface area (TPSA) is 239 Å². The number of rotatable bonds is 18. The highest BCUT2D eigenvalue weighted by atomic mass is 19.1. The van der Waals surface area contributed by atoms with Crippen molar-refractivity contribution in [2.45, 2.75) is 190 Å². The number of carbonyl (C=O) groups excluding carboxylic acids is 8. The Balaban J connectivity index is 0.902. The minimum Gasteiger partial charge on any atom is -0.347 e. The first-order valence-electron chi connectivity index (χ1n) is 30.0. The summed E-state index contributed by atoms with van der Waals surface area (Å²) in [4.78, 5) is 117. The fourth-order valence-electron chi connectivity index (χ4n) is 13.4. The third kappa shape index (κ3) is 14.0. The standard InChI is InChI=1S/C62H82F2N10O8/c1-35(65-3)55(75)71-53(38-13-7-5-8-14-38)61(81)73-33-45(31-51(73)59(79)69-49-19-12-18-42-29-43(63)27-28-47(42)49)67-57(77)40-21-23-41(24-22-40)58(78)68-46-32-52(60(80)70-50-20-11-17-37-25-26-44(64)30-48(37)50)74(34-46)62(82)54(39-15-9-6-10-16-39)72-56(76)36(2)66-4/h21-30,35-36,38-39,45-46,49-54,65-66H,5-20,31-34H2,1-4H3,(H,67,77)(H,68,78)(H,69,79)(H,70,80)(H,71,75)(H,72,76)/t35-,36-,45-,46-,49+,50+,51-,52-,53-,54-/m0/s1. The summed E-state index contributed by atoms with van der Waals surface area (Å²) >= 11 is 0. The summed E-state index contributed by atoms with van der Waals surface area (Å²) in [6, 6.07) is 7.92. The fraction of sp³-hybridized carbons (Fsp3) is 0.581. The van der Waals surface area contributed by atoms with E-state index in [9.17, 15) is 47.1 Å². The van der Waals surface area contributed by atoms with Gasteiger partial charge in [0.25, 0.3) is 11.8 Å². The summed E-state index contributed by atoms with van der Waals surface area (Å²) < 4.78 is 28.9. The Labute approximate surface area is 479 Å². The van der Waals surface area contributed by atoms with Crippen LogP contribution in [0.15, 0.2) is 60.7 Å². The quantitative estimate of drug-likeness (QED) is 0.0839. The molecule has 18 nitrogen and oxygen atoms in total. The average molecular weight is 1130 g/mol. The second-order valence-corrected chi connectivity index (χ2v) is 23.8. The van der Waals surface area contributed by atoms with Crippen LogP contribution < -0.4 is 42.5 Å². The Hall–Kier alpha value is -6.80. The molecule has 442 valence electrons. The molecule has 82 heavy (non-hydrogen) atoms. The Kier molecular flexibility index (Phi) is 19.7. The summed E-state index contributed by atoms with van der Waals surface area (Å²) in [6.45, 7) is 3.39. The lowest BCUT2D eigenvalue weighted by molar-refractivity contribution is -0.143. The molecule has 8 amide bonds. The molecule has 20 heteroatoms. The number of likely N-dealkylation sites (tertiary alicyclic amines) is 2. The van der Waals surface area contributed by atoms with Crippen molar-refractivity contribution in [2.75, 3.05) is 27.2 Å². The van der Waals surface area contributed by atoms with Crippen LogP contribution in [0.2, 0.25) is 0 Å². The zero-order valence-electron chi connectivity index (χ0n) is 47.8. The van der Waals surface area contributed by atoms with Gasteiger partial charge in [0.2, 0.25) is 35.4 Å². The van der Waals surface area contributed by atoms with Crippen LogP contribution in [-0.2, 0) is 41.6 Å². The summed E-state index contributed by atoms with van der Waals surface area (Å²) in [5.74, 6) is -4.42. The zero-order valence-corrected chi connectivity index (χ0v) is 47.8. The third-order valence-corrected chi connectivity index (χ3v) is 18.4. The summed E-state index contributed by atoms with van der Waals surface area (Å²) in [7, 11) is 3.33. The van der Waals surface area contributed by atoms with Crippen molar-refractivity contribution < 1.29 is 47.1 Å². The van der Waals surface area contributed by atoms with Gasteiger partial charge in [-0.15, -0.1) is 0 Å². The van der Waals surface area contributed by atoms with Gasteiger partial charge in [-0.3, -0.25) is 38.4 Å². The number of hydrogen-bond acceptors (Lipinski definition) is 10. The van der Waals surface area contributed by atoms with Gasteiger partial charge >= 0.3 is 0 Å². The molecule has 10 atom stereocenters. The normalized spacial score (nSPS) is 24.4. The van der Waals surface area contributed by atoms with E-state index in [4.69, 9.17) is 0 Å². The third-order valence-electron chi connectivity index (χ3n) is 18.4. The summed E-state index contributed by atoms with van der Waals surface area (Å²) in [5, 5.41) is 24.2. The lowest BCUT2D eigenvalue weighted by Gasteiger charge is -2.35. The number of nitrogens with zero attached hydrogens (tertiary/aromatic N) is 2. The van der Waals surface area contributed by atoms with Crippen molar-refractivity contribution in [3.05, 3.63) is 106 Å². The molecule has 2 saturated carbocycles. The van der Waals surface area contributed by atoms with Gasteiger partial charge in [0, 0.05) is 36.3 Å². The Morgan fingerprint density at radius 2 is 0.915 bits per heavy atom. The van der Waals surface area contributed by atoms with Crippen LogP contribution >= 0.6 is 0 Å². The first-order chi connectivity index (χ1) is 39.5. The molecule has 0 spiro atoms. The van der Waals surface area contributed by atoms with E-state index in [0.29, 0.717) is 24.8 Å². The van der Waals surface area contributed by atoms with Crippen molar-refractivity contribution >= 4 is 47.3 Å². The highest BCUT2D eigenvalue weighted by Crippen LogP contribution is 2.35. The average Bonchev–Trinajstić information content (AvgIpc) is 4.23. The Bertz CT molecular complexity index is 2840. The molecule has 6 aliphatic rings. The van der Waals surface area contributed by atoms with Gasteiger partial charge in [-0.05, 0) is 188 Å². The van der Waals surface area contributed by atoms with Crippen LogP contribution in [-0.4, -0.2) is 133 Å². The number of hydrogen-bond donors (Lipinski definition) is 8. The highest BCUT2D eigenvalue weighted by molar-refractivity contribution is 5.99. The second kappa shape index (κ2) is 27.1.